The molecule has 0 saturated heterocycles. The highest BCUT2D eigenvalue weighted by Crippen LogP contribution is 2.03. The Labute approximate surface area is 72.3 Å². The number of hydrogen-bond donors (Lipinski definition) is 1. The third-order valence-electron chi connectivity index (χ3n) is 1.45. The lowest BCUT2D eigenvalue weighted by molar-refractivity contribution is 0.405. The lowest BCUT2D eigenvalue weighted by atomic mass is 10.1. The van der Waals surface area contributed by atoms with Crippen molar-refractivity contribution < 1.29 is 4.52 Å². The summed E-state index contributed by atoms with van der Waals surface area (Å²) in [4.78, 5) is 0. The Morgan fingerprint density at radius 3 is 2.91 bits per heavy atom. The molecule has 0 aromatic carbocycles. The molecule has 0 radical (unpaired) electrons. The third-order valence-corrected chi connectivity index (χ3v) is 1.45. The molecule has 1 unspecified atom stereocenters. The van der Waals surface area contributed by atoms with Crippen LogP contribution in [0.5, 0.6) is 0 Å². The van der Waals surface area contributed by atoms with Crippen LogP contribution in [0.1, 0.15) is 12.6 Å². The summed E-state index contributed by atoms with van der Waals surface area (Å²) in [6.07, 6.45) is 2.49. The highest BCUT2D eigenvalue weighted by atomic mass is 35.5. The predicted molar refractivity (Wildman–Crippen MR) is 45.7 cm³/mol. The minimum atomic E-state index is 0. The summed E-state index contributed by atoms with van der Waals surface area (Å²) in [6.45, 7) is 2.79. The zero-order valence-electron chi connectivity index (χ0n) is 6.49. The fraction of sp³-hybridized carbons (Fsp3) is 0.571. The van der Waals surface area contributed by atoms with Gasteiger partial charge in [0.1, 0.15) is 6.26 Å². The van der Waals surface area contributed by atoms with Gasteiger partial charge in [0.05, 0.1) is 5.69 Å². The summed E-state index contributed by atoms with van der Waals surface area (Å²) in [5.74, 6) is 0.491. The van der Waals surface area contributed by atoms with Crippen molar-refractivity contribution >= 4 is 12.4 Å². The Balaban J connectivity index is 0.000001000. The van der Waals surface area contributed by atoms with E-state index in [0.717, 1.165) is 12.1 Å². The van der Waals surface area contributed by atoms with Crippen LogP contribution >= 0.6 is 12.4 Å². The van der Waals surface area contributed by atoms with Gasteiger partial charge in [-0.25, -0.2) is 0 Å². The van der Waals surface area contributed by atoms with Crippen molar-refractivity contribution in [3.05, 3.63) is 18.0 Å². The van der Waals surface area contributed by atoms with Crippen molar-refractivity contribution in [2.45, 2.75) is 13.3 Å². The quantitative estimate of drug-likeness (QED) is 0.754. The maximum atomic E-state index is 5.43. The van der Waals surface area contributed by atoms with Crippen molar-refractivity contribution in [3.63, 3.8) is 0 Å². The summed E-state index contributed by atoms with van der Waals surface area (Å²) < 4.78 is 4.67. The van der Waals surface area contributed by atoms with Crippen LogP contribution in [-0.4, -0.2) is 11.7 Å². The standard InChI is InChI=1S/C7H12N2O.ClH/c1-6(5-8)4-7-2-3-10-9-7;/h2-3,6H,4-5,8H2,1H3;1H. The van der Waals surface area contributed by atoms with Gasteiger partial charge in [-0.15, -0.1) is 12.4 Å². The number of halogens is 1. The molecule has 4 heteroatoms. The maximum absolute atomic E-state index is 5.43. The van der Waals surface area contributed by atoms with E-state index in [4.69, 9.17) is 5.73 Å². The monoisotopic (exact) mass is 176 g/mol. The second-order valence-corrected chi connectivity index (χ2v) is 2.54. The molecule has 1 aromatic heterocycles. The van der Waals surface area contributed by atoms with Gasteiger partial charge >= 0.3 is 0 Å². The Morgan fingerprint density at radius 1 is 1.73 bits per heavy atom. The number of nitrogens with two attached hydrogens (primary N) is 1. The fourth-order valence-electron chi connectivity index (χ4n) is 0.783. The van der Waals surface area contributed by atoms with Gasteiger partial charge in [-0.1, -0.05) is 12.1 Å². The molecule has 11 heavy (non-hydrogen) atoms. The number of rotatable bonds is 3. The summed E-state index contributed by atoms with van der Waals surface area (Å²) in [6, 6.07) is 1.87. The first-order valence-corrected chi connectivity index (χ1v) is 3.42. The molecule has 0 amide bonds. The van der Waals surface area contributed by atoms with E-state index in [2.05, 4.69) is 16.6 Å². The van der Waals surface area contributed by atoms with Crippen molar-refractivity contribution in [1.29, 1.82) is 0 Å². The number of aromatic nitrogens is 1. The van der Waals surface area contributed by atoms with Gasteiger partial charge in [0.25, 0.3) is 0 Å². The molecule has 3 nitrogen and oxygen atoms in total. The smallest absolute Gasteiger partial charge is 0.124 e. The van der Waals surface area contributed by atoms with Gasteiger partial charge in [-0.3, -0.25) is 0 Å². The van der Waals surface area contributed by atoms with Crippen LogP contribution in [0, 0.1) is 5.92 Å². The van der Waals surface area contributed by atoms with E-state index in [1.807, 2.05) is 6.07 Å². The molecule has 0 spiro atoms. The molecular formula is C7H13ClN2O. The van der Waals surface area contributed by atoms with Gasteiger partial charge in [0.2, 0.25) is 0 Å². The van der Waals surface area contributed by atoms with Gasteiger partial charge in [-0.05, 0) is 18.9 Å². The summed E-state index contributed by atoms with van der Waals surface area (Å²) in [5, 5.41) is 3.77. The SMILES string of the molecule is CC(CN)Cc1ccon1.Cl. The normalized spacial score (nSPS) is 12.2. The predicted octanol–water partition coefficient (Wildman–Crippen LogP) is 1.23. The zero-order valence-corrected chi connectivity index (χ0v) is 7.30. The molecule has 2 N–H and O–H groups in total. The van der Waals surface area contributed by atoms with Gasteiger partial charge in [-0.2, -0.15) is 0 Å². The molecule has 0 saturated carbocycles. The molecule has 0 aliphatic rings. The van der Waals surface area contributed by atoms with E-state index >= 15 is 0 Å². The summed E-state index contributed by atoms with van der Waals surface area (Å²) in [5.41, 5.74) is 6.41. The molecule has 1 heterocycles. The zero-order chi connectivity index (χ0) is 7.40. The minimum absolute atomic E-state index is 0. The second kappa shape index (κ2) is 5.16. The molecule has 64 valence electrons. The molecule has 0 bridgehead atoms. The second-order valence-electron chi connectivity index (χ2n) is 2.54. The van der Waals surface area contributed by atoms with Gasteiger partial charge in [0.15, 0.2) is 0 Å². The van der Waals surface area contributed by atoms with E-state index < -0.39 is 0 Å². The maximum Gasteiger partial charge on any atom is 0.124 e. The average molecular weight is 177 g/mol. The molecule has 1 aromatic rings. The highest BCUT2D eigenvalue weighted by molar-refractivity contribution is 5.85. The van der Waals surface area contributed by atoms with E-state index in [1.165, 1.54) is 0 Å². The fourth-order valence-corrected chi connectivity index (χ4v) is 0.783. The van der Waals surface area contributed by atoms with E-state index in [-0.39, 0.29) is 12.4 Å². The number of hydrogen-bond acceptors (Lipinski definition) is 3. The molecule has 1 rings (SSSR count). The Hall–Kier alpha value is -0.540. The lowest BCUT2D eigenvalue weighted by Crippen LogP contribution is -2.13. The molecule has 0 fully saturated rings. The van der Waals surface area contributed by atoms with Crippen molar-refractivity contribution in [3.8, 4) is 0 Å². The Morgan fingerprint density at radius 2 is 2.45 bits per heavy atom. The number of nitrogens with zero attached hydrogens (tertiary/aromatic N) is 1. The molecular weight excluding hydrogens is 164 g/mol. The van der Waals surface area contributed by atoms with Crippen LogP contribution < -0.4 is 5.73 Å². The summed E-state index contributed by atoms with van der Waals surface area (Å²) >= 11 is 0. The Kier molecular flexibility index (Phi) is 4.90. The van der Waals surface area contributed by atoms with E-state index in [9.17, 15) is 0 Å². The van der Waals surface area contributed by atoms with E-state index in [1.54, 1.807) is 6.26 Å². The third kappa shape index (κ3) is 3.39. The molecule has 1 atom stereocenters. The van der Waals surface area contributed by atoms with Crippen LogP contribution in [0.15, 0.2) is 16.9 Å². The van der Waals surface area contributed by atoms with Crippen LogP contribution in [0.2, 0.25) is 0 Å². The first-order chi connectivity index (χ1) is 4.83. The first-order valence-electron chi connectivity index (χ1n) is 3.42. The first kappa shape index (κ1) is 10.5. The van der Waals surface area contributed by atoms with Crippen LogP contribution in [0.25, 0.3) is 0 Å². The van der Waals surface area contributed by atoms with Crippen molar-refractivity contribution in [2.24, 2.45) is 11.7 Å². The largest absolute Gasteiger partial charge is 0.365 e. The lowest BCUT2D eigenvalue weighted by Gasteiger charge is -2.02. The minimum Gasteiger partial charge on any atom is -0.365 e. The molecule has 0 aliphatic heterocycles. The van der Waals surface area contributed by atoms with Crippen molar-refractivity contribution in [2.75, 3.05) is 6.54 Å². The average Bonchev–Trinajstić information content (AvgIpc) is 2.40. The van der Waals surface area contributed by atoms with E-state index in [0.29, 0.717) is 12.5 Å². The molecule has 0 aliphatic carbocycles. The summed E-state index contributed by atoms with van der Waals surface area (Å²) in [7, 11) is 0. The highest BCUT2D eigenvalue weighted by Gasteiger charge is 2.02. The topological polar surface area (TPSA) is 52.0 Å². The Bertz CT molecular complexity index is 177. The van der Waals surface area contributed by atoms with Crippen LogP contribution in [0.4, 0.5) is 0 Å². The van der Waals surface area contributed by atoms with Crippen LogP contribution in [-0.2, 0) is 6.42 Å². The van der Waals surface area contributed by atoms with Crippen LogP contribution in [0.3, 0.4) is 0 Å². The van der Waals surface area contributed by atoms with Crippen molar-refractivity contribution in [1.82, 2.24) is 5.16 Å². The van der Waals surface area contributed by atoms with Gasteiger partial charge in [0, 0.05) is 6.07 Å². The van der Waals surface area contributed by atoms with Gasteiger partial charge < -0.3 is 10.3 Å².